The molecule has 0 aliphatic carbocycles. The highest BCUT2D eigenvalue weighted by atomic mass is 16.5. The van der Waals surface area contributed by atoms with Crippen molar-refractivity contribution in [2.75, 3.05) is 32.8 Å². The number of nitrogens with one attached hydrogen (secondary N) is 2. The molecule has 2 aliphatic heterocycles. The third kappa shape index (κ3) is 3.20. The summed E-state index contributed by atoms with van der Waals surface area (Å²) in [6.45, 7) is 5.27. The summed E-state index contributed by atoms with van der Waals surface area (Å²) in [6.07, 6.45) is 1.46. The van der Waals surface area contributed by atoms with Gasteiger partial charge in [0.2, 0.25) is 5.91 Å². The number of nitrogens with zero attached hydrogens (tertiary/aromatic N) is 1. The fraction of sp³-hybridized carbons (Fsp3) is 0.833. The lowest BCUT2D eigenvalue weighted by Crippen LogP contribution is -2.57. The van der Waals surface area contributed by atoms with E-state index in [1.54, 1.807) is 0 Å². The Labute approximate surface area is 107 Å². The molecular formula is C12H21N3O3. The molecule has 2 saturated heterocycles. The molecule has 2 heterocycles. The summed E-state index contributed by atoms with van der Waals surface area (Å²) in [5, 5.41) is 6.15. The normalized spacial score (nSPS) is 29.1. The molecule has 0 radical (unpaired) electrons. The molecule has 0 spiro atoms. The lowest BCUT2D eigenvalue weighted by Gasteiger charge is -2.35. The average molecular weight is 255 g/mol. The number of amides is 1. The summed E-state index contributed by atoms with van der Waals surface area (Å²) < 4.78 is 5.09. The lowest BCUT2D eigenvalue weighted by atomic mass is 10.1. The van der Waals surface area contributed by atoms with Gasteiger partial charge in [-0.3, -0.25) is 14.5 Å². The van der Waals surface area contributed by atoms with E-state index in [0.717, 1.165) is 26.1 Å². The van der Waals surface area contributed by atoms with Gasteiger partial charge in [-0.05, 0) is 13.3 Å². The first-order valence-corrected chi connectivity index (χ1v) is 6.61. The highest BCUT2D eigenvalue weighted by Crippen LogP contribution is 2.12. The van der Waals surface area contributed by atoms with Crippen molar-refractivity contribution < 1.29 is 14.3 Å². The molecule has 0 saturated carbocycles. The molecule has 0 aromatic rings. The Balaban J connectivity index is 1.90. The van der Waals surface area contributed by atoms with Crippen LogP contribution in [0.25, 0.3) is 0 Å². The minimum Gasteiger partial charge on any atom is -0.465 e. The molecule has 6 heteroatoms. The minimum absolute atomic E-state index is 0.114. The van der Waals surface area contributed by atoms with Crippen LogP contribution in [0.4, 0.5) is 0 Å². The molecule has 2 aliphatic rings. The van der Waals surface area contributed by atoms with Gasteiger partial charge >= 0.3 is 5.97 Å². The van der Waals surface area contributed by atoms with E-state index in [0.29, 0.717) is 19.6 Å². The van der Waals surface area contributed by atoms with Crippen LogP contribution in [0.2, 0.25) is 0 Å². The maximum Gasteiger partial charge on any atom is 0.324 e. The Bertz CT molecular complexity index is 322. The van der Waals surface area contributed by atoms with Gasteiger partial charge in [0, 0.05) is 38.6 Å². The number of piperazine rings is 1. The molecule has 6 nitrogen and oxygen atoms in total. The van der Waals surface area contributed by atoms with Crippen molar-refractivity contribution in [3.8, 4) is 0 Å². The summed E-state index contributed by atoms with van der Waals surface area (Å²) in [5.41, 5.74) is 0. The molecule has 2 atom stereocenters. The van der Waals surface area contributed by atoms with Crippen molar-refractivity contribution >= 4 is 11.9 Å². The summed E-state index contributed by atoms with van der Waals surface area (Å²) in [5.74, 6) is -0.0585. The standard InChI is InChI=1S/C12H21N3O3/c1-2-18-12(17)10-7-13-5-6-15(10)8-9-3-4-11(16)14-9/h9-10,13H,2-8H2,1H3,(H,14,16). The van der Waals surface area contributed by atoms with Crippen molar-refractivity contribution in [3.05, 3.63) is 0 Å². The van der Waals surface area contributed by atoms with E-state index < -0.39 is 0 Å². The van der Waals surface area contributed by atoms with Crippen LogP contribution in [0.5, 0.6) is 0 Å². The molecular weight excluding hydrogens is 234 g/mol. The smallest absolute Gasteiger partial charge is 0.324 e. The largest absolute Gasteiger partial charge is 0.465 e. The van der Waals surface area contributed by atoms with E-state index in [1.165, 1.54) is 0 Å². The second-order valence-corrected chi connectivity index (χ2v) is 4.77. The lowest BCUT2D eigenvalue weighted by molar-refractivity contribution is -0.150. The average Bonchev–Trinajstić information content (AvgIpc) is 2.76. The monoisotopic (exact) mass is 255 g/mol. The Morgan fingerprint density at radius 2 is 2.39 bits per heavy atom. The zero-order valence-electron chi connectivity index (χ0n) is 10.8. The van der Waals surface area contributed by atoms with Crippen LogP contribution in [0.15, 0.2) is 0 Å². The highest BCUT2D eigenvalue weighted by molar-refractivity contribution is 5.78. The van der Waals surface area contributed by atoms with Crippen LogP contribution in [0, 0.1) is 0 Å². The quantitative estimate of drug-likeness (QED) is 0.637. The molecule has 2 rings (SSSR count). The van der Waals surface area contributed by atoms with Crippen molar-refractivity contribution in [2.45, 2.75) is 31.8 Å². The minimum atomic E-state index is -0.226. The molecule has 2 N–H and O–H groups in total. The second-order valence-electron chi connectivity index (χ2n) is 4.77. The molecule has 0 bridgehead atoms. The Hall–Kier alpha value is -1.14. The highest BCUT2D eigenvalue weighted by Gasteiger charge is 2.32. The van der Waals surface area contributed by atoms with Gasteiger partial charge in [-0.25, -0.2) is 0 Å². The molecule has 102 valence electrons. The van der Waals surface area contributed by atoms with Gasteiger partial charge in [0.1, 0.15) is 6.04 Å². The van der Waals surface area contributed by atoms with Crippen LogP contribution < -0.4 is 10.6 Å². The van der Waals surface area contributed by atoms with Gasteiger partial charge in [0.15, 0.2) is 0 Å². The number of carbonyl (C=O) groups is 2. The number of ether oxygens (including phenoxy) is 1. The number of hydrogen-bond donors (Lipinski definition) is 2. The number of rotatable bonds is 4. The Morgan fingerprint density at radius 1 is 1.56 bits per heavy atom. The molecule has 1 amide bonds. The van der Waals surface area contributed by atoms with E-state index >= 15 is 0 Å². The van der Waals surface area contributed by atoms with Gasteiger partial charge in [-0.1, -0.05) is 0 Å². The summed E-state index contributed by atoms with van der Waals surface area (Å²) in [6, 6.07) is -0.0521. The Morgan fingerprint density at radius 3 is 3.06 bits per heavy atom. The van der Waals surface area contributed by atoms with Crippen LogP contribution in [0.1, 0.15) is 19.8 Å². The van der Waals surface area contributed by atoms with E-state index in [9.17, 15) is 9.59 Å². The number of hydrogen-bond acceptors (Lipinski definition) is 5. The van der Waals surface area contributed by atoms with Gasteiger partial charge < -0.3 is 15.4 Å². The first-order chi connectivity index (χ1) is 8.70. The molecule has 2 fully saturated rings. The molecule has 0 aromatic carbocycles. The summed E-state index contributed by atoms with van der Waals surface area (Å²) >= 11 is 0. The molecule has 18 heavy (non-hydrogen) atoms. The first kappa shape index (κ1) is 13.3. The predicted molar refractivity (Wildman–Crippen MR) is 66.0 cm³/mol. The fourth-order valence-corrected chi connectivity index (χ4v) is 2.53. The second kappa shape index (κ2) is 6.15. The SMILES string of the molecule is CCOC(=O)C1CNCCN1CC1CCC(=O)N1. The van der Waals surface area contributed by atoms with Crippen LogP contribution >= 0.6 is 0 Å². The summed E-state index contributed by atoms with van der Waals surface area (Å²) in [7, 11) is 0. The van der Waals surface area contributed by atoms with E-state index in [-0.39, 0.29) is 24.0 Å². The van der Waals surface area contributed by atoms with E-state index in [1.807, 2.05) is 6.92 Å². The van der Waals surface area contributed by atoms with E-state index in [4.69, 9.17) is 4.74 Å². The van der Waals surface area contributed by atoms with Crippen LogP contribution in [-0.4, -0.2) is 61.6 Å². The van der Waals surface area contributed by atoms with Crippen molar-refractivity contribution in [1.82, 2.24) is 15.5 Å². The van der Waals surface area contributed by atoms with Crippen LogP contribution in [0.3, 0.4) is 0 Å². The maximum absolute atomic E-state index is 11.9. The maximum atomic E-state index is 11.9. The van der Waals surface area contributed by atoms with Gasteiger partial charge in [-0.2, -0.15) is 0 Å². The predicted octanol–water partition coefficient (Wildman–Crippen LogP) is -0.898. The van der Waals surface area contributed by atoms with E-state index in [2.05, 4.69) is 15.5 Å². The van der Waals surface area contributed by atoms with Gasteiger partial charge in [0.05, 0.1) is 6.61 Å². The number of esters is 1. The topological polar surface area (TPSA) is 70.7 Å². The zero-order chi connectivity index (χ0) is 13.0. The summed E-state index contributed by atoms with van der Waals surface area (Å²) in [4.78, 5) is 25.2. The van der Waals surface area contributed by atoms with Gasteiger partial charge in [0.25, 0.3) is 0 Å². The fourth-order valence-electron chi connectivity index (χ4n) is 2.53. The third-order valence-electron chi connectivity index (χ3n) is 3.45. The first-order valence-electron chi connectivity index (χ1n) is 6.61. The van der Waals surface area contributed by atoms with Crippen molar-refractivity contribution in [2.24, 2.45) is 0 Å². The van der Waals surface area contributed by atoms with Crippen molar-refractivity contribution in [3.63, 3.8) is 0 Å². The number of carbonyl (C=O) groups excluding carboxylic acids is 2. The Kier molecular flexibility index (Phi) is 4.54. The molecule has 2 unspecified atom stereocenters. The third-order valence-corrected chi connectivity index (χ3v) is 3.45. The van der Waals surface area contributed by atoms with Crippen LogP contribution in [-0.2, 0) is 14.3 Å². The van der Waals surface area contributed by atoms with Crippen molar-refractivity contribution in [1.29, 1.82) is 0 Å². The molecule has 0 aromatic heterocycles. The zero-order valence-corrected chi connectivity index (χ0v) is 10.8. The van der Waals surface area contributed by atoms with Gasteiger partial charge in [-0.15, -0.1) is 0 Å².